The normalized spacial score (nSPS) is 17.3. The van der Waals surface area contributed by atoms with Gasteiger partial charge in [-0.15, -0.1) is 0 Å². The van der Waals surface area contributed by atoms with E-state index in [0.717, 1.165) is 12.3 Å². The van der Waals surface area contributed by atoms with E-state index in [-0.39, 0.29) is 10.9 Å². The molecule has 0 radical (unpaired) electrons. The molecule has 0 bridgehead atoms. The Balaban J connectivity index is 1.68. The zero-order valence-corrected chi connectivity index (χ0v) is 16.0. The molecule has 1 fully saturated rings. The average molecular weight is 421 g/mol. The van der Waals surface area contributed by atoms with E-state index in [2.05, 4.69) is 15.3 Å². The monoisotopic (exact) mass is 421 g/mol. The molecule has 0 spiro atoms. The lowest BCUT2D eigenvalue weighted by Gasteiger charge is -2.24. The minimum atomic E-state index is -4.46. The molecule has 152 valence electrons. The summed E-state index contributed by atoms with van der Waals surface area (Å²) in [7, 11) is 0. The summed E-state index contributed by atoms with van der Waals surface area (Å²) >= 11 is 5.10. The summed E-state index contributed by atoms with van der Waals surface area (Å²) in [6, 6.07) is 10.6. The third-order valence-corrected chi connectivity index (χ3v) is 4.64. The molecule has 0 saturated carbocycles. The van der Waals surface area contributed by atoms with E-state index in [9.17, 15) is 18.0 Å². The van der Waals surface area contributed by atoms with Crippen LogP contribution in [0, 0.1) is 0 Å². The number of aliphatic imine (C=N–C) groups is 1. The molecule has 1 amide bonds. The van der Waals surface area contributed by atoms with Crippen molar-refractivity contribution in [3.8, 4) is 0 Å². The number of alkyl halides is 3. The molecule has 1 unspecified atom stereocenters. The van der Waals surface area contributed by atoms with Crippen molar-refractivity contribution in [2.45, 2.75) is 25.1 Å². The highest BCUT2D eigenvalue weighted by atomic mass is 32.1. The summed E-state index contributed by atoms with van der Waals surface area (Å²) in [5, 5.41) is 2.45. The first kappa shape index (κ1) is 20.7. The molecule has 1 saturated heterocycles. The van der Waals surface area contributed by atoms with Crippen molar-refractivity contribution in [3.05, 3.63) is 59.8 Å². The van der Waals surface area contributed by atoms with E-state index >= 15 is 0 Å². The Morgan fingerprint density at radius 1 is 1.24 bits per heavy atom. The lowest BCUT2D eigenvalue weighted by Crippen LogP contribution is -2.45. The number of nitrogens with zero attached hydrogens (tertiary/aromatic N) is 3. The molecule has 29 heavy (non-hydrogen) atoms. The number of aromatic nitrogens is 1. The Morgan fingerprint density at radius 2 is 1.97 bits per heavy atom. The average Bonchev–Trinajstić information content (AvgIpc) is 3.18. The van der Waals surface area contributed by atoms with Crippen LogP contribution < -0.4 is 16.0 Å². The molecule has 0 aliphatic carbocycles. The van der Waals surface area contributed by atoms with Crippen molar-refractivity contribution < 1.29 is 18.0 Å². The van der Waals surface area contributed by atoms with Gasteiger partial charge in [-0.25, -0.2) is 9.98 Å². The van der Waals surface area contributed by atoms with Crippen LogP contribution >= 0.6 is 12.2 Å². The van der Waals surface area contributed by atoms with E-state index in [1.165, 1.54) is 6.07 Å². The van der Waals surface area contributed by atoms with Gasteiger partial charge >= 0.3 is 6.18 Å². The number of nitrogens with one attached hydrogen (secondary N) is 1. The number of amides is 1. The van der Waals surface area contributed by atoms with Gasteiger partial charge in [0.1, 0.15) is 17.7 Å². The Labute approximate surface area is 170 Å². The maximum atomic E-state index is 12.7. The number of carbonyl (C=O) groups excluding carboxylic acids is 1. The molecule has 3 N–H and O–H groups in total. The fourth-order valence-corrected chi connectivity index (χ4v) is 3.24. The summed E-state index contributed by atoms with van der Waals surface area (Å²) in [6.07, 6.45) is -2.48. The maximum absolute atomic E-state index is 12.7. The van der Waals surface area contributed by atoms with E-state index in [0.29, 0.717) is 30.8 Å². The first-order valence-electron chi connectivity index (χ1n) is 8.80. The number of anilines is 1. The number of hydrogen-bond acceptors (Lipinski definition) is 4. The number of thiocarbonyl (C=S) groups is 1. The van der Waals surface area contributed by atoms with Gasteiger partial charge in [-0.1, -0.05) is 30.3 Å². The third-order valence-electron chi connectivity index (χ3n) is 4.45. The Kier molecular flexibility index (Phi) is 6.12. The van der Waals surface area contributed by atoms with Gasteiger partial charge in [-0.3, -0.25) is 10.1 Å². The molecule has 2 heterocycles. The van der Waals surface area contributed by atoms with Gasteiger partial charge in [0, 0.05) is 18.3 Å². The first-order valence-corrected chi connectivity index (χ1v) is 9.21. The SMILES string of the molecule is NC(=NC(=S)NC(=O)C1CCCN1c1ccc(C(F)(F)F)cn1)c1ccccc1. The molecule has 1 aliphatic heterocycles. The highest BCUT2D eigenvalue weighted by Gasteiger charge is 2.34. The van der Waals surface area contributed by atoms with Crippen LogP contribution in [0.3, 0.4) is 0 Å². The molecule has 1 aromatic heterocycles. The van der Waals surface area contributed by atoms with Crippen LogP contribution in [0.25, 0.3) is 0 Å². The summed E-state index contributed by atoms with van der Waals surface area (Å²) in [6.45, 7) is 0.499. The quantitative estimate of drug-likeness (QED) is 0.452. The largest absolute Gasteiger partial charge is 0.417 e. The van der Waals surface area contributed by atoms with Gasteiger partial charge in [0.05, 0.1) is 5.56 Å². The van der Waals surface area contributed by atoms with E-state index in [4.69, 9.17) is 18.0 Å². The summed E-state index contributed by atoms with van der Waals surface area (Å²) < 4.78 is 38.2. The molecule has 1 atom stereocenters. The fraction of sp³-hybridized carbons (Fsp3) is 0.263. The number of pyridine rings is 1. The molecule has 3 rings (SSSR count). The van der Waals surface area contributed by atoms with Gasteiger partial charge < -0.3 is 10.6 Å². The number of benzene rings is 1. The number of hydrogen-bond donors (Lipinski definition) is 2. The van der Waals surface area contributed by atoms with Crippen LogP contribution in [-0.4, -0.2) is 34.4 Å². The Bertz CT molecular complexity index is 916. The lowest BCUT2D eigenvalue weighted by molar-refractivity contribution is -0.137. The van der Waals surface area contributed by atoms with Gasteiger partial charge in [0.2, 0.25) is 11.0 Å². The predicted molar refractivity (Wildman–Crippen MR) is 108 cm³/mol. The van der Waals surface area contributed by atoms with Crippen molar-refractivity contribution in [1.29, 1.82) is 0 Å². The number of amidine groups is 1. The highest BCUT2D eigenvalue weighted by molar-refractivity contribution is 7.80. The summed E-state index contributed by atoms with van der Waals surface area (Å²) in [5.41, 5.74) is 5.72. The zero-order chi connectivity index (χ0) is 21.0. The second-order valence-electron chi connectivity index (χ2n) is 6.41. The Hall–Kier alpha value is -3.01. The van der Waals surface area contributed by atoms with Gasteiger partial charge in [0.25, 0.3) is 0 Å². The van der Waals surface area contributed by atoms with Crippen molar-refractivity contribution in [3.63, 3.8) is 0 Å². The molecular formula is C19H18F3N5OS. The van der Waals surface area contributed by atoms with E-state index in [1.807, 2.05) is 6.07 Å². The molecule has 2 aromatic rings. The third kappa shape index (κ3) is 5.08. The zero-order valence-electron chi connectivity index (χ0n) is 15.2. The fourth-order valence-electron chi connectivity index (χ4n) is 3.04. The minimum absolute atomic E-state index is 0.0800. The highest BCUT2D eigenvalue weighted by Crippen LogP contribution is 2.30. The standard InChI is InChI=1S/C19H18F3N5OS/c20-19(21,22)13-8-9-15(24-11-13)27-10-4-7-14(27)17(28)26-18(29)25-16(23)12-5-2-1-3-6-12/h1-3,5-6,8-9,11,14H,4,7,10H2,(H3,23,25,26,28,29). The molecule has 1 aromatic carbocycles. The van der Waals surface area contributed by atoms with Crippen LogP contribution in [0.1, 0.15) is 24.0 Å². The first-order chi connectivity index (χ1) is 13.8. The Morgan fingerprint density at radius 3 is 2.59 bits per heavy atom. The lowest BCUT2D eigenvalue weighted by atomic mass is 10.2. The smallest absolute Gasteiger partial charge is 0.383 e. The second kappa shape index (κ2) is 8.56. The van der Waals surface area contributed by atoms with Crippen LogP contribution in [0.15, 0.2) is 53.7 Å². The number of nitrogens with two attached hydrogens (primary N) is 1. The van der Waals surface area contributed by atoms with Crippen LogP contribution in [0.5, 0.6) is 0 Å². The number of carbonyl (C=O) groups is 1. The topological polar surface area (TPSA) is 83.6 Å². The number of rotatable bonds is 3. The van der Waals surface area contributed by atoms with E-state index in [1.54, 1.807) is 29.2 Å². The van der Waals surface area contributed by atoms with Gasteiger partial charge in [-0.05, 0) is 37.2 Å². The van der Waals surface area contributed by atoms with Crippen molar-refractivity contribution in [1.82, 2.24) is 10.3 Å². The van der Waals surface area contributed by atoms with Crippen LogP contribution in [0.4, 0.5) is 19.0 Å². The van der Waals surface area contributed by atoms with Crippen LogP contribution in [0.2, 0.25) is 0 Å². The van der Waals surface area contributed by atoms with Crippen molar-refractivity contribution >= 4 is 34.9 Å². The number of halogens is 3. The van der Waals surface area contributed by atoms with E-state index < -0.39 is 23.7 Å². The van der Waals surface area contributed by atoms with Crippen LogP contribution in [-0.2, 0) is 11.0 Å². The molecule has 1 aliphatic rings. The van der Waals surface area contributed by atoms with Gasteiger partial charge in [-0.2, -0.15) is 13.2 Å². The molecule has 6 nitrogen and oxygen atoms in total. The summed E-state index contributed by atoms with van der Waals surface area (Å²) in [4.78, 5) is 22.2. The molecule has 10 heteroatoms. The molecular weight excluding hydrogens is 403 g/mol. The van der Waals surface area contributed by atoms with Crippen molar-refractivity contribution in [2.24, 2.45) is 10.7 Å². The second-order valence-corrected chi connectivity index (χ2v) is 6.80. The minimum Gasteiger partial charge on any atom is -0.383 e. The van der Waals surface area contributed by atoms with Crippen molar-refractivity contribution in [2.75, 3.05) is 11.4 Å². The maximum Gasteiger partial charge on any atom is 0.417 e. The predicted octanol–water partition coefficient (Wildman–Crippen LogP) is 2.88. The van der Waals surface area contributed by atoms with Gasteiger partial charge in [0.15, 0.2) is 0 Å². The summed E-state index contributed by atoms with van der Waals surface area (Å²) in [5.74, 6) is 0.0660.